The number of carbonyl (C=O) groups is 2. The lowest BCUT2D eigenvalue weighted by Crippen LogP contribution is -2.55. The van der Waals surface area contributed by atoms with Gasteiger partial charge in [-0.3, -0.25) is 19.3 Å². The molecule has 1 aromatic carbocycles. The second kappa shape index (κ2) is 11.3. The number of benzene rings is 1. The van der Waals surface area contributed by atoms with E-state index >= 15 is 0 Å². The maximum atomic E-state index is 12.6. The Balaban J connectivity index is 0.00000341. The highest BCUT2D eigenvalue weighted by Gasteiger charge is 2.27. The maximum Gasteiger partial charge on any atom is 0.246 e. The SMILES string of the molecule is CN=C(NCCC(=O)Nc1cccc(Cl)c1C)N1CCN(c2cnn(C)c2)C(=O)C1.I. The number of guanidine groups is 1. The monoisotopic (exact) mass is 559 g/mol. The number of aliphatic imine (C=N–C) groups is 1. The summed E-state index contributed by atoms with van der Waals surface area (Å²) >= 11 is 6.09. The zero-order chi connectivity index (χ0) is 21.7. The number of nitrogens with zero attached hydrogens (tertiary/aromatic N) is 5. The topological polar surface area (TPSA) is 94.9 Å². The van der Waals surface area contributed by atoms with Gasteiger partial charge in [-0.05, 0) is 24.6 Å². The molecule has 9 nitrogen and oxygen atoms in total. The predicted octanol–water partition coefficient (Wildman–Crippen LogP) is 2.25. The number of amides is 2. The van der Waals surface area contributed by atoms with Crippen LogP contribution in [0.4, 0.5) is 11.4 Å². The zero-order valence-electron chi connectivity index (χ0n) is 17.8. The number of nitrogens with one attached hydrogen (secondary N) is 2. The standard InChI is InChI=1S/C20H26ClN7O2.HI/c1-14-16(21)5-4-6-17(14)25-18(29)7-8-23-20(22-2)27-9-10-28(19(30)13-27)15-11-24-26(3)12-15;/h4-6,11-12H,7-10,13H2,1-3H3,(H,22,23)(H,25,29);1H. The molecule has 3 rings (SSSR count). The van der Waals surface area contributed by atoms with E-state index in [4.69, 9.17) is 11.6 Å². The van der Waals surface area contributed by atoms with E-state index in [0.29, 0.717) is 36.3 Å². The molecule has 2 N–H and O–H groups in total. The Morgan fingerprint density at radius 1 is 1.32 bits per heavy atom. The van der Waals surface area contributed by atoms with Crippen molar-refractivity contribution in [2.75, 3.05) is 43.4 Å². The summed E-state index contributed by atoms with van der Waals surface area (Å²) in [5.41, 5.74) is 2.33. The summed E-state index contributed by atoms with van der Waals surface area (Å²) in [6.07, 6.45) is 3.76. The number of aryl methyl sites for hydroxylation is 1. The van der Waals surface area contributed by atoms with Crippen LogP contribution in [-0.4, -0.2) is 65.7 Å². The first-order valence-corrected chi connectivity index (χ1v) is 10.1. The average molecular weight is 560 g/mol. The molecule has 1 aliphatic rings. The molecule has 0 spiro atoms. The average Bonchev–Trinajstić information content (AvgIpc) is 3.14. The van der Waals surface area contributed by atoms with Gasteiger partial charge in [0.05, 0.1) is 11.9 Å². The van der Waals surface area contributed by atoms with Gasteiger partial charge in [-0.25, -0.2) is 0 Å². The Morgan fingerprint density at radius 2 is 2.10 bits per heavy atom. The number of aromatic nitrogens is 2. The van der Waals surface area contributed by atoms with Crippen molar-refractivity contribution in [3.05, 3.63) is 41.2 Å². The van der Waals surface area contributed by atoms with Crippen LogP contribution >= 0.6 is 35.6 Å². The third kappa shape index (κ3) is 6.33. The Labute approximate surface area is 203 Å². The van der Waals surface area contributed by atoms with Crippen molar-refractivity contribution in [1.82, 2.24) is 20.0 Å². The Bertz CT molecular complexity index is 963. The highest BCUT2D eigenvalue weighted by molar-refractivity contribution is 14.0. The van der Waals surface area contributed by atoms with E-state index in [1.807, 2.05) is 31.1 Å². The van der Waals surface area contributed by atoms with Gasteiger partial charge >= 0.3 is 0 Å². The van der Waals surface area contributed by atoms with Crippen LogP contribution in [0.1, 0.15) is 12.0 Å². The first-order valence-electron chi connectivity index (χ1n) is 9.68. The molecule has 0 atom stereocenters. The Kier molecular flexibility index (Phi) is 9.11. The summed E-state index contributed by atoms with van der Waals surface area (Å²) in [6.45, 7) is 3.64. The quantitative estimate of drug-likeness (QED) is 0.333. The van der Waals surface area contributed by atoms with E-state index < -0.39 is 0 Å². The van der Waals surface area contributed by atoms with E-state index in [0.717, 1.165) is 11.3 Å². The fourth-order valence-corrected chi connectivity index (χ4v) is 3.42. The van der Waals surface area contributed by atoms with Gasteiger partial charge in [-0.2, -0.15) is 5.10 Å². The van der Waals surface area contributed by atoms with Crippen molar-refractivity contribution in [3.63, 3.8) is 0 Å². The minimum absolute atomic E-state index is 0. The van der Waals surface area contributed by atoms with Crippen LogP contribution in [0, 0.1) is 6.92 Å². The molecule has 0 unspecified atom stereocenters. The number of halogens is 2. The van der Waals surface area contributed by atoms with Crippen molar-refractivity contribution in [2.45, 2.75) is 13.3 Å². The molecule has 1 aliphatic heterocycles. The van der Waals surface area contributed by atoms with Crippen LogP contribution < -0.4 is 15.5 Å². The number of carbonyl (C=O) groups excluding carboxylic acids is 2. The summed E-state index contributed by atoms with van der Waals surface area (Å²) in [4.78, 5) is 32.7. The number of anilines is 2. The van der Waals surface area contributed by atoms with Crippen LogP contribution in [0.2, 0.25) is 5.02 Å². The van der Waals surface area contributed by atoms with Crippen molar-refractivity contribution in [1.29, 1.82) is 0 Å². The van der Waals surface area contributed by atoms with Gasteiger partial charge in [0.1, 0.15) is 6.54 Å². The van der Waals surface area contributed by atoms with Crippen LogP contribution in [0.3, 0.4) is 0 Å². The first kappa shape index (κ1) is 24.9. The van der Waals surface area contributed by atoms with Crippen LogP contribution in [0.25, 0.3) is 0 Å². The molecule has 168 valence electrons. The Morgan fingerprint density at radius 3 is 2.74 bits per heavy atom. The number of rotatable bonds is 5. The van der Waals surface area contributed by atoms with Gasteiger partial charge in [0, 0.05) is 57.1 Å². The van der Waals surface area contributed by atoms with Gasteiger partial charge < -0.3 is 20.4 Å². The molecule has 0 aliphatic carbocycles. The fourth-order valence-electron chi connectivity index (χ4n) is 3.25. The summed E-state index contributed by atoms with van der Waals surface area (Å²) in [5.74, 6) is 0.452. The third-order valence-electron chi connectivity index (χ3n) is 4.91. The van der Waals surface area contributed by atoms with Crippen LogP contribution in [-0.2, 0) is 16.6 Å². The minimum atomic E-state index is -0.124. The predicted molar refractivity (Wildman–Crippen MR) is 133 cm³/mol. The number of hydrogen-bond acceptors (Lipinski definition) is 4. The molecule has 2 aromatic rings. The lowest BCUT2D eigenvalue weighted by Gasteiger charge is -2.35. The van der Waals surface area contributed by atoms with E-state index in [-0.39, 0.29) is 48.8 Å². The van der Waals surface area contributed by atoms with Gasteiger partial charge in [0.2, 0.25) is 11.8 Å². The van der Waals surface area contributed by atoms with Crippen molar-refractivity contribution in [2.24, 2.45) is 12.0 Å². The molecular weight excluding hydrogens is 533 g/mol. The fraction of sp³-hybridized carbons (Fsp3) is 0.400. The first-order chi connectivity index (χ1) is 14.4. The molecule has 11 heteroatoms. The summed E-state index contributed by atoms with van der Waals surface area (Å²) in [5, 5.41) is 10.8. The molecule has 0 saturated carbocycles. The lowest BCUT2D eigenvalue weighted by atomic mass is 10.2. The number of piperazine rings is 1. The van der Waals surface area contributed by atoms with Crippen LogP contribution in [0.5, 0.6) is 0 Å². The number of hydrogen-bond donors (Lipinski definition) is 2. The third-order valence-corrected chi connectivity index (χ3v) is 5.32. The molecule has 0 bridgehead atoms. The molecule has 1 aromatic heterocycles. The molecular formula is C20H27ClIN7O2. The van der Waals surface area contributed by atoms with Gasteiger partial charge in [0.25, 0.3) is 0 Å². The van der Waals surface area contributed by atoms with Gasteiger partial charge in [-0.1, -0.05) is 17.7 Å². The van der Waals surface area contributed by atoms with E-state index in [2.05, 4.69) is 20.7 Å². The summed E-state index contributed by atoms with van der Waals surface area (Å²) in [7, 11) is 3.48. The maximum absolute atomic E-state index is 12.6. The van der Waals surface area contributed by atoms with E-state index in [9.17, 15) is 9.59 Å². The largest absolute Gasteiger partial charge is 0.356 e. The second-order valence-electron chi connectivity index (χ2n) is 7.02. The highest BCUT2D eigenvalue weighted by Crippen LogP contribution is 2.23. The van der Waals surface area contributed by atoms with Crippen LogP contribution in [0.15, 0.2) is 35.6 Å². The molecule has 1 fully saturated rings. The minimum Gasteiger partial charge on any atom is -0.356 e. The normalized spacial score (nSPS) is 14.3. The van der Waals surface area contributed by atoms with E-state index in [1.165, 1.54) is 0 Å². The van der Waals surface area contributed by atoms with Crippen molar-refractivity contribution >= 4 is 64.7 Å². The summed E-state index contributed by atoms with van der Waals surface area (Å²) < 4.78 is 1.67. The molecule has 2 amide bonds. The molecule has 2 heterocycles. The van der Waals surface area contributed by atoms with Crippen molar-refractivity contribution in [3.8, 4) is 0 Å². The second-order valence-corrected chi connectivity index (χ2v) is 7.43. The molecule has 31 heavy (non-hydrogen) atoms. The van der Waals surface area contributed by atoms with Gasteiger partial charge in [0.15, 0.2) is 5.96 Å². The summed E-state index contributed by atoms with van der Waals surface area (Å²) in [6, 6.07) is 5.40. The lowest BCUT2D eigenvalue weighted by molar-refractivity contribution is -0.120. The Hall–Kier alpha value is -2.34. The van der Waals surface area contributed by atoms with Gasteiger partial charge in [-0.15, -0.1) is 24.0 Å². The molecule has 0 radical (unpaired) electrons. The highest BCUT2D eigenvalue weighted by atomic mass is 127. The van der Waals surface area contributed by atoms with E-state index in [1.54, 1.807) is 35.0 Å². The molecule has 1 saturated heterocycles. The van der Waals surface area contributed by atoms with Crippen molar-refractivity contribution < 1.29 is 9.59 Å². The smallest absolute Gasteiger partial charge is 0.246 e. The zero-order valence-corrected chi connectivity index (χ0v) is 20.8.